The van der Waals surface area contributed by atoms with Crippen molar-refractivity contribution in [2.24, 2.45) is 0 Å². The molecule has 6 nitrogen and oxygen atoms in total. The lowest BCUT2D eigenvalue weighted by atomic mass is 9.83. The monoisotopic (exact) mass is 593 g/mol. The zero-order valence-electron chi connectivity index (χ0n) is 23.3. The zero-order valence-corrected chi connectivity index (χ0v) is 23.3. The number of carbonyl (C=O) groups is 2. The standard InChI is InChI=1S/C33H31F4N3O3/c34-28-7-1-21(17-30(28)36)15-24-19-27(20-25(32(24)41)16-22-2-8-29(35)31(37)18-22)39-33(42)23-3-5-26(6-4-23)38-9-10-40-11-13-43-14-12-40/h1-8,15-18,27,38H,9-14,19-20H2,(H,39,42)/b24-15+,25-16+. The highest BCUT2D eigenvalue weighted by Crippen LogP contribution is 2.29. The van der Waals surface area contributed by atoms with Gasteiger partial charge in [-0.1, -0.05) is 12.1 Å². The molecule has 3 aromatic rings. The summed E-state index contributed by atoms with van der Waals surface area (Å²) in [5.41, 5.74) is 2.37. The fourth-order valence-electron chi connectivity index (χ4n) is 5.14. The lowest BCUT2D eigenvalue weighted by Gasteiger charge is -2.27. The summed E-state index contributed by atoms with van der Waals surface area (Å²) < 4.78 is 60.0. The highest BCUT2D eigenvalue weighted by atomic mass is 19.2. The number of amides is 1. The average molecular weight is 594 g/mol. The molecule has 43 heavy (non-hydrogen) atoms. The van der Waals surface area contributed by atoms with Crippen LogP contribution in [0.5, 0.6) is 0 Å². The first-order valence-corrected chi connectivity index (χ1v) is 14.1. The maximum absolute atomic E-state index is 13.8. The first kappa shape index (κ1) is 30.2. The number of carbonyl (C=O) groups excluding carboxylic acids is 2. The van der Waals surface area contributed by atoms with Gasteiger partial charge < -0.3 is 15.4 Å². The number of nitrogens with zero attached hydrogens (tertiary/aromatic N) is 1. The second-order valence-electron chi connectivity index (χ2n) is 10.6. The topological polar surface area (TPSA) is 70.7 Å². The van der Waals surface area contributed by atoms with E-state index in [-0.39, 0.29) is 46.8 Å². The normalized spacial score (nSPS) is 19.5. The molecule has 1 saturated heterocycles. The van der Waals surface area contributed by atoms with Crippen molar-refractivity contribution in [1.82, 2.24) is 10.2 Å². The van der Waals surface area contributed by atoms with Gasteiger partial charge in [-0.3, -0.25) is 14.5 Å². The molecular formula is C33H31F4N3O3. The maximum Gasteiger partial charge on any atom is 0.251 e. The Balaban J connectivity index is 1.30. The maximum atomic E-state index is 13.8. The Morgan fingerprint density at radius 1 is 0.814 bits per heavy atom. The first-order chi connectivity index (χ1) is 20.7. The molecule has 0 bridgehead atoms. The predicted octanol–water partition coefficient (Wildman–Crippen LogP) is 5.62. The van der Waals surface area contributed by atoms with Crippen LogP contribution in [0.25, 0.3) is 12.2 Å². The molecule has 5 rings (SSSR count). The van der Waals surface area contributed by atoms with Crippen LogP contribution in [0.2, 0.25) is 0 Å². The third-order valence-electron chi connectivity index (χ3n) is 7.43. The van der Waals surface area contributed by atoms with Crippen LogP contribution in [0, 0.1) is 23.3 Å². The van der Waals surface area contributed by atoms with Crippen LogP contribution in [0.1, 0.15) is 34.3 Å². The molecule has 224 valence electrons. The fraction of sp³-hybridized carbons (Fsp3) is 0.273. The van der Waals surface area contributed by atoms with Crippen molar-refractivity contribution in [2.75, 3.05) is 44.7 Å². The summed E-state index contributed by atoms with van der Waals surface area (Å²) in [5, 5.41) is 6.30. The van der Waals surface area contributed by atoms with Crippen LogP contribution in [0.15, 0.2) is 71.8 Å². The second-order valence-corrected chi connectivity index (χ2v) is 10.6. The van der Waals surface area contributed by atoms with E-state index in [0.29, 0.717) is 5.56 Å². The van der Waals surface area contributed by atoms with Crippen LogP contribution < -0.4 is 10.6 Å². The summed E-state index contributed by atoms with van der Waals surface area (Å²) in [4.78, 5) is 28.8. The molecule has 0 aromatic heterocycles. The van der Waals surface area contributed by atoms with E-state index in [1.54, 1.807) is 12.1 Å². The summed E-state index contributed by atoms with van der Waals surface area (Å²) >= 11 is 0. The van der Waals surface area contributed by atoms with Crippen molar-refractivity contribution in [3.63, 3.8) is 0 Å². The van der Waals surface area contributed by atoms with Gasteiger partial charge in [-0.2, -0.15) is 0 Å². The predicted molar refractivity (Wildman–Crippen MR) is 156 cm³/mol. The van der Waals surface area contributed by atoms with Crippen molar-refractivity contribution in [3.8, 4) is 0 Å². The van der Waals surface area contributed by atoms with Gasteiger partial charge in [0, 0.05) is 54.6 Å². The Labute approximate surface area is 247 Å². The van der Waals surface area contributed by atoms with Crippen molar-refractivity contribution < 1.29 is 31.9 Å². The van der Waals surface area contributed by atoms with Crippen molar-refractivity contribution in [3.05, 3.63) is 112 Å². The summed E-state index contributed by atoms with van der Waals surface area (Å²) in [5.74, 6) is -4.87. The van der Waals surface area contributed by atoms with E-state index in [0.717, 1.165) is 69.3 Å². The SMILES string of the molecule is O=C1/C(=C/c2ccc(F)c(F)c2)CC(NC(=O)c2ccc(NCCN3CCOCC3)cc2)C/C1=C\c1ccc(F)c(F)c1. The number of morpholine rings is 1. The number of ether oxygens (including phenoxy) is 1. The number of anilines is 1. The summed E-state index contributed by atoms with van der Waals surface area (Å²) in [7, 11) is 0. The molecule has 0 unspecified atom stereocenters. The van der Waals surface area contributed by atoms with Crippen LogP contribution in [-0.4, -0.2) is 62.0 Å². The van der Waals surface area contributed by atoms with Gasteiger partial charge in [0.15, 0.2) is 29.1 Å². The largest absolute Gasteiger partial charge is 0.384 e. The van der Waals surface area contributed by atoms with Crippen molar-refractivity contribution in [2.45, 2.75) is 18.9 Å². The van der Waals surface area contributed by atoms with E-state index < -0.39 is 29.3 Å². The number of benzene rings is 3. The van der Waals surface area contributed by atoms with E-state index in [1.807, 2.05) is 12.1 Å². The van der Waals surface area contributed by atoms with Gasteiger partial charge in [0.25, 0.3) is 5.91 Å². The molecule has 2 fully saturated rings. The second kappa shape index (κ2) is 13.8. The number of halogens is 4. The van der Waals surface area contributed by atoms with Gasteiger partial charge in [-0.25, -0.2) is 17.6 Å². The van der Waals surface area contributed by atoms with Gasteiger partial charge in [-0.15, -0.1) is 0 Å². The number of ketones is 1. The Morgan fingerprint density at radius 2 is 1.37 bits per heavy atom. The van der Waals surface area contributed by atoms with E-state index in [9.17, 15) is 27.2 Å². The van der Waals surface area contributed by atoms with Crippen molar-refractivity contribution >= 4 is 29.5 Å². The number of hydrogen-bond donors (Lipinski definition) is 2. The molecule has 0 atom stereocenters. The van der Waals surface area contributed by atoms with E-state index in [4.69, 9.17) is 4.74 Å². The Bertz CT molecular complexity index is 1480. The highest BCUT2D eigenvalue weighted by molar-refractivity contribution is 6.14. The summed E-state index contributed by atoms with van der Waals surface area (Å²) in [6.07, 6.45) is 3.17. The first-order valence-electron chi connectivity index (χ1n) is 14.1. The summed E-state index contributed by atoms with van der Waals surface area (Å²) in [6.45, 7) is 4.92. The van der Waals surface area contributed by atoms with Gasteiger partial charge in [0.2, 0.25) is 0 Å². The zero-order chi connectivity index (χ0) is 30.3. The van der Waals surface area contributed by atoms with Crippen LogP contribution >= 0.6 is 0 Å². The molecule has 10 heteroatoms. The molecule has 2 N–H and O–H groups in total. The van der Waals surface area contributed by atoms with Crippen LogP contribution in [0.4, 0.5) is 23.2 Å². The molecule has 1 aliphatic carbocycles. The van der Waals surface area contributed by atoms with Crippen LogP contribution in [0.3, 0.4) is 0 Å². The Hall–Kier alpha value is -4.28. The molecule has 1 heterocycles. The molecule has 2 aliphatic rings. The van der Waals surface area contributed by atoms with Crippen molar-refractivity contribution in [1.29, 1.82) is 0 Å². The molecule has 0 spiro atoms. The van der Waals surface area contributed by atoms with E-state index >= 15 is 0 Å². The van der Waals surface area contributed by atoms with Gasteiger partial charge in [-0.05, 0) is 84.7 Å². The Kier molecular flexibility index (Phi) is 9.68. The highest BCUT2D eigenvalue weighted by Gasteiger charge is 2.29. The molecular weight excluding hydrogens is 562 g/mol. The van der Waals surface area contributed by atoms with E-state index in [2.05, 4.69) is 15.5 Å². The Morgan fingerprint density at radius 3 is 1.91 bits per heavy atom. The number of rotatable bonds is 8. The number of Topliss-reactive ketones (excluding diaryl/α,β-unsaturated/α-hetero) is 1. The quantitative estimate of drug-likeness (QED) is 0.262. The van der Waals surface area contributed by atoms with Gasteiger partial charge >= 0.3 is 0 Å². The van der Waals surface area contributed by atoms with Gasteiger partial charge in [0.05, 0.1) is 13.2 Å². The molecule has 1 saturated carbocycles. The minimum atomic E-state index is -1.06. The van der Waals surface area contributed by atoms with Crippen LogP contribution in [-0.2, 0) is 9.53 Å². The minimum absolute atomic E-state index is 0.139. The lowest BCUT2D eigenvalue weighted by Crippen LogP contribution is -2.39. The summed E-state index contributed by atoms with van der Waals surface area (Å²) in [6, 6.07) is 13.1. The molecule has 1 amide bonds. The average Bonchev–Trinajstić information content (AvgIpc) is 3.00. The minimum Gasteiger partial charge on any atom is -0.384 e. The molecule has 3 aromatic carbocycles. The fourth-order valence-corrected chi connectivity index (χ4v) is 5.14. The lowest BCUT2D eigenvalue weighted by molar-refractivity contribution is -0.113. The van der Waals surface area contributed by atoms with E-state index in [1.165, 1.54) is 24.3 Å². The number of hydrogen-bond acceptors (Lipinski definition) is 5. The molecule has 0 radical (unpaired) electrons. The van der Waals surface area contributed by atoms with Gasteiger partial charge in [0.1, 0.15) is 0 Å². The third kappa shape index (κ3) is 7.97. The smallest absolute Gasteiger partial charge is 0.251 e. The molecule has 1 aliphatic heterocycles. The third-order valence-corrected chi connectivity index (χ3v) is 7.43. The number of nitrogens with one attached hydrogen (secondary N) is 2.